The number of furan rings is 1. The third-order valence-electron chi connectivity index (χ3n) is 1.81. The van der Waals surface area contributed by atoms with Crippen molar-refractivity contribution in [1.82, 2.24) is 0 Å². The molecule has 3 nitrogen and oxygen atoms in total. The van der Waals surface area contributed by atoms with Gasteiger partial charge >= 0.3 is 0 Å². The first-order valence-electron chi connectivity index (χ1n) is 4.73. The molecule has 2 N–H and O–H groups in total. The summed E-state index contributed by atoms with van der Waals surface area (Å²) in [4.78, 5) is 0.105. The molecule has 0 spiro atoms. The molecule has 0 saturated carbocycles. The lowest BCUT2D eigenvalue weighted by molar-refractivity contribution is 0.448. The Kier molecular flexibility index (Phi) is 4.59. The van der Waals surface area contributed by atoms with Gasteiger partial charge in [-0.15, -0.1) is 0 Å². The zero-order chi connectivity index (χ0) is 12.1. The predicted octanol–water partition coefficient (Wildman–Crippen LogP) is 2.89. The average Bonchev–Trinajstić information content (AvgIpc) is 2.55. The van der Waals surface area contributed by atoms with Crippen molar-refractivity contribution in [1.29, 1.82) is 5.26 Å². The maximum atomic E-state index is 8.86. The largest absolute Gasteiger partial charge is 0.455 e. The highest BCUT2D eigenvalue weighted by Crippen LogP contribution is 2.27. The highest BCUT2D eigenvalue weighted by molar-refractivity contribution is 7.99. The molecule has 0 atom stereocenters. The van der Waals surface area contributed by atoms with Crippen molar-refractivity contribution in [3.05, 3.63) is 23.0 Å². The van der Waals surface area contributed by atoms with Crippen molar-refractivity contribution in [2.75, 3.05) is 5.75 Å². The topological polar surface area (TPSA) is 63.0 Å². The third kappa shape index (κ3) is 3.12. The Hall–Kier alpha value is -1.25. The van der Waals surface area contributed by atoms with E-state index in [2.05, 4.69) is 0 Å². The van der Waals surface area contributed by atoms with Crippen LogP contribution in [0.4, 0.5) is 0 Å². The predicted molar refractivity (Wildman–Crippen MR) is 70.2 cm³/mol. The number of nitrogens with zero attached hydrogens (tertiary/aromatic N) is 1. The fraction of sp³-hybridized carbons (Fsp3) is 0.273. The van der Waals surface area contributed by atoms with Crippen molar-refractivity contribution < 1.29 is 4.42 Å². The van der Waals surface area contributed by atoms with Crippen LogP contribution >= 0.6 is 24.0 Å². The first kappa shape index (κ1) is 12.8. The lowest BCUT2D eigenvalue weighted by Crippen LogP contribution is -2.09. The molecule has 1 aromatic rings. The molecule has 84 valence electrons. The molecule has 0 saturated heterocycles. The number of hydrogen-bond donors (Lipinski definition) is 1. The standard InChI is InChI=1S/C11H12N2OS2/c1-3-16-11-8(4-7(2)14-11)5-9(6-12)10(13)15/h4-5H,3H2,1-2H3,(H2,13,15). The summed E-state index contributed by atoms with van der Waals surface area (Å²) in [5.74, 6) is 1.71. The molecule has 0 aliphatic carbocycles. The third-order valence-corrected chi connectivity index (χ3v) is 2.90. The van der Waals surface area contributed by atoms with E-state index in [0.29, 0.717) is 5.57 Å². The van der Waals surface area contributed by atoms with Crippen molar-refractivity contribution in [2.45, 2.75) is 18.9 Å². The quantitative estimate of drug-likeness (QED) is 0.386. The van der Waals surface area contributed by atoms with Crippen LogP contribution in [0.2, 0.25) is 0 Å². The fourth-order valence-corrected chi connectivity index (χ4v) is 2.01. The normalized spacial score (nSPS) is 11.2. The van der Waals surface area contributed by atoms with Crippen molar-refractivity contribution >= 4 is 35.0 Å². The van der Waals surface area contributed by atoms with Gasteiger partial charge in [0, 0.05) is 5.56 Å². The number of thioether (sulfide) groups is 1. The molecule has 0 radical (unpaired) electrons. The van der Waals surface area contributed by atoms with E-state index in [-0.39, 0.29) is 4.99 Å². The summed E-state index contributed by atoms with van der Waals surface area (Å²) in [6.45, 7) is 3.90. The number of nitrogens with two attached hydrogens (primary N) is 1. The van der Waals surface area contributed by atoms with Gasteiger partial charge < -0.3 is 10.2 Å². The van der Waals surface area contributed by atoms with E-state index < -0.39 is 0 Å². The van der Waals surface area contributed by atoms with Crippen LogP contribution in [0.1, 0.15) is 18.2 Å². The molecule has 0 aliphatic heterocycles. The number of rotatable bonds is 4. The van der Waals surface area contributed by atoms with E-state index in [1.807, 2.05) is 26.0 Å². The summed E-state index contributed by atoms with van der Waals surface area (Å²) in [5, 5.41) is 9.66. The summed E-state index contributed by atoms with van der Waals surface area (Å²) in [6, 6.07) is 3.84. The summed E-state index contributed by atoms with van der Waals surface area (Å²) in [6.07, 6.45) is 1.66. The number of aryl methyl sites for hydroxylation is 1. The Balaban J connectivity index is 3.13. The molecular formula is C11H12N2OS2. The Morgan fingerprint density at radius 3 is 2.94 bits per heavy atom. The first-order chi connectivity index (χ1) is 7.58. The highest BCUT2D eigenvalue weighted by atomic mass is 32.2. The summed E-state index contributed by atoms with van der Waals surface area (Å²) < 4.78 is 5.51. The SMILES string of the molecule is CCSc1oc(C)cc1C=C(C#N)C(N)=S. The summed E-state index contributed by atoms with van der Waals surface area (Å²) in [7, 11) is 0. The molecule has 1 aromatic heterocycles. The van der Waals surface area contributed by atoms with Crippen molar-refractivity contribution in [2.24, 2.45) is 5.73 Å². The van der Waals surface area contributed by atoms with Crippen LogP contribution in [0.3, 0.4) is 0 Å². The van der Waals surface area contributed by atoms with Gasteiger partial charge in [-0.2, -0.15) is 5.26 Å². The van der Waals surface area contributed by atoms with Gasteiger partial charge in [0.15, 0.2) is 5.09 Å². The van der Waals surface area contributed by atoms with Gasteiger partial charge in [-0.3, -0.25) is 0 Å². The summed E-state index contributed by atoms with van der Waals surface area (Å²) >= 11 is 6.36. The Morgan fingerprint density at radius 2 is 2.44 bits per heavy atom. The second-order valence-corrected chi connectivity index (χ2v) is 4.74. The minimum atomic E-state index is 0.105. The molecular weight excluding hydrogens is 240 g/mol. The van der Waals surface area contributed by atoms with E-state index in [9.17, 15) is 0 Å². The van der Waals surface area contributed by atoms with E-state index >= 15 is 0 Å². The minimum absolute atomic E-state index is 0.105. The first-order valence-corrected chi connectivity index (χ1v) is 6.12. The molecule has 0 fully saturated rings. The van der Waals surface area contributed by atoms with Crippen LogP contribution in [0.25, 0.3) is 6.08 Å². The van der Waals surface area contributed by atoms with Gasteiger partial charge in [0.25, 0.3) is 0 Å². The van der Waals surface area contributed by atoms with Crippen LogP contribution in [0, 0.1) is 18.3 Å². The van der Waals surface area contributed by atoms with Gasteiger partial charge in [-0.25, -0.2) is 0 Å². The molecule has 5 heteroatoms. The Bertz CT molecular complexity index is 469. The average molecular weight is 252 g/mol. The van der Waals surface area contributed by atoms with Crippen molar-refractivity contribution in [3.63, 3.8) is 0 Å². The Morgan fingerprint density at radius 1 is 1.75 bits per heavy atom. The van der Waals surface area contributed by atoms with Crippen molar-refractivity contribution in [3.8, 4) is 6.07 Å². The van der Waals surface area contributed by atoms with Crippen LogP contribution in [-0.4, -0.2) is 10.7 Å². The zero-order valence-corrected chi connectivity index (χ0v) is 10.7. The van der Waals surface area contributed by atoms with Gasteiger partial charge in [0.2, 0.25) is 0 Å². The van der Waals surface area contributed by atoms with Crippen LogP contribution in [0.15, 0.2) is 21.1 Å². The maximum Gasteiger partial charge on any atom is 0.167 e. The lowest BCUT2D eigenvalue weighted by atomic mass is 10.2. The smallest absolute Gasteiger partial charge is 0.167 e. The second-order valence-electron chi connectivity index (χ2n) is 3.07. The summed E-state index contributed by atoms with van der Waals surface area (Å²) in [5.41, 5.74) is 6.58. The molecule has 1 rings (SSSR count). The molecule has 0 amide bonds. The van der Waals surface area contributed by atoms with E-state index in [0.717, 1.165) is 22.2 Å². The minimum Gasteiger partial charge on any atom is -0.455 e. The maximum absolute atomic E-state index is 8.86. The molecule has 16 heavy (non-hydrogen) atoms. The second kappa shape index (κ2) is 5.73. The van der Waals surface area contributed by atoms with Gasteiger partial charge in [-0.05, 0) is 24.8 Å². The number of thiocarbonyl (C=S) groups is 1. The highest BCUT2D eigenvalue weighted by Gasteiger charge is 2.09. The zero-order valence-electron chi connectivity index (χ0n) is 9.11. The Labute approximate surface area is 104 Å². The van der Waals surface area contributed by atoms with Gasteiger partial charge in [-0.1, -0.05) is 30.9 Å². The fourth-order valence-electron chi connectivity index (χ4n) is 1.17. The van der Waals surface area contributed by atoms with E-state index in [1.54, 1.807) is 17.8 Å². The molecule has 0 aromatic carbocycles. The lowest BCUT2D eigenvalue weighted by Gasteiger charge is -1.96. The molecule has 0 bridgehead atoms. The van der Waals surface area contributed by atoms with Gasteiger partial charge in [0.1, 0.15) is 16.8 Å². The van der Waals surface area contributed by atoms with E-state index in [1.165, 1.54) is 0 Å². The molecule has 0 aliphatic rings. The van der Waals surface area contributed by atoms with Crippen LogP contribution in [-0.2, 0) is 0 Å². The molecule has 0 unspecified atom stereocenters. The van der Waals surface area contributed by atoms with Gasteiger partial charge in [0.05, 0.1) is 5.57 Å². The number of nitriles is 1. The molecule has 1 heterocycles. The van der Waals surface area contributed by atoms with E-state index in [4.69, 9.17) is 27.6 Å². The number of hydrogen-bond acceptors (Lipinski definition) is 4. The van der Waals surface area contributed by atoms with Crippen LogP contribution < -0.4 is 5.73 Å². The monoisotopic (exact) mass is 252 g/mol. The van der Waals surface area contributed by atoms with Crippen LogP contribution in [0.5, 0.6) is 0 Å².